The molecule has 0 saturated carbocycles. The fourth-order valence-electron chi connectivity index (χ4n) is 1.93. The van der Waals surface area contributed by atoms with Crippen LogP contribution in [0.5, 0.6) is 5.75 Å². The Bertz CT molecular complexity index is 583. The van der Waals surface area contributed by atoms with Crippen LogP contribution in [0.2, 0.25) is 5.02 Å². The summed E-state index contributed by atoms with van der Waals surface area (Å²) in [6, 6.07) is 16.7. The average molecular weight is 304 g/mol. The van der Waals surface area contributed by atoms with Crippen LogP contribution in [0, 0.1) is 0 Å². The predicted molar refractivity (Wildman–Crippen MR) is 84.5 cm³/mol. The first-order valence-electron chi connectivity index (χ1n) is 6.84. The molecule has 2 atom stereocenters. The third-order valence-electron chi connectivity index (χ3n) is 3.15. The third kappa shape index (κ3) is 4.50. The van der Waals surface area contributed by atoms with Gasteiger partial charge < -0.3 is 10.1 Å². The fraction of sp³-hybridized carbons (Fsp3) is 0.235. The van der Waals surface area contributed by atoms with Crippen LogP contribution in [0.15, 0.2) is 54.6 Å². The van der Waals surface area contributed by atoms with Crippen LogP contribution in [0.4, 0.5) is 0 Å². The quantitative estimate of drug-likeness (QED) is 0.907. The van der Waals surface area contributed by atoms with E-state index in [0.717, 1.165) is 5.56 Å². The first-order valence-corrected chi connectivity index (χ1v) is 7.21. The zero-order valence-electron chi connectivity index (χ0n) is 12.0. The lowest BCUT2D eigenvalue weighted by Crippen LogP contribution is -2.37. The van der Waals surface area contributed by atoms with Gasteiger partial charge in [0.25, 0.3) is 5.91 Å². The van der Waals surface area contributed by atoms with Crippen molar-refractivity contribution in [3.63, 3.8) is 0 Å². The zero-order chi connectivity index (χ0) is 15.2. The highest BCUT2D eigenvalue weighted by atomic mass is 35.5. The van der Waals surface area contributed by atoms with Crippen molar-refractivity contribution in [3.8, 4) is 5.75 Å². The number of rotatable bonds is 5. The number of benzene rings is 2. The van der Waals surface area contributed by atoms with Gasteiger partial charge in [-0.3, -0.25) is 4.79 Å². The molecule has 0 heterocycles. The zero-order valence-corrected chi connectivity index (χ0v) is 12.8. The summed E-state index contributed by atoms with van der Waals surface area (Å²) in [4.78, 5) is 12.1. The topological polar surface area (TPSA) is 38.3 Å². The molecule has 0 fully saturated rings. The van der Waals surface area contributed by atoms with Crippen LogP contribution in [0.1, 0.15) is 25.5 Å². The maximum absolute atomic E-state index is 12.1. The molecule has 0 aromatic heterocycles. The standard InChI is InChI=1S/C17H18ClNO2/c1-12(14-6-4-3-5-7-14)19-17(20)13(2)21-16-10-8-15(18)9-11-16/h3-13H,1-2H3,(H,19,20)/t12-,13+/m0/s1. The van der Waals surface area contributed by atoms with Gasteiger partial charge in [0.2, 0.25) is 0 Å². The summed E-state index contributed by atoms with van der Waals surface area (Å²) in [5.41, 5.74) is 1.06. The van der Waals surface area contributed by atoms with Crippen LogP contribution in [-0.4, -0.2) is 12.0 Å². The van der Waals surface area contributed by atoms with Crippen molar-refractivity contribution < 1.29 is 9.53 Å². The lowest BCUT2D eigenvalue weighted by atomic mass is 10.1. The lowest BCUT2D eigenvalue weighted by Gasteiger charge is -2.19. The van der Waals surface area contributed by atoms with Gasteiger partial charge in [-0.2, -0.15) is 0 Å². The van der Waals surface area contributed by atoms with E-state index in [2.05, 4.69) is 5.32 Å². The SMILES string of the molecule is C[C@H](NC(=O)[C@@H](C)Oc1ccc(Cl)cc1)c1ccccc1. The molecule has 2 rings (SSSR count). The summed E-state index contributed by atoms with van der Waals surface area (Å²) in [5, 5.41) is 3.57. The normalized spacial score (nSPS) is 13.3. The highest BCUT2D eigenvalue weighted by Crippen LogP contribution is 2.17. The van der Waals surface area contributed by atoms with Crippen molar-refractivity contribution in [2.45, 2.75) is 26.0 Å². The molecule has 0 aliphatic heterocycles. The minimum Gasteiger partial charge on any atom is -0.481 e. The number of nitrogens with one attached hydrogen (secondary N) is 1. The Morgan fingerprint density at radius 1 is 1.05 bits per heavy atom. The highest BCUT2D eigenvalue weighted by molar-refractivity contribution is 6.30. The van der Waals surface area contributed by atoms with Crippen LogP contribution in [0.25, 0.3) is 0 Å². The highest BCUT2D eigenvalue weighted by Gasteiger charge is 2.17. The number of ether oxygens (including phenoxy) is 1. The Morgan fingerprint density at radius 3 is 2.29 bits per heavy atom. The van der Waals surface area contributed by atoms with Gasteiger partial charge in [0.15, 0.2) is 6.10 Å². The second kappa shape index (κ2) is 7.14. The van der Waals surface area contributed by atoms with E-state index < -0.39 is 6.10 Å². The van der Waals surface area contributed by atoms with E-state index in [9.17, 15) is 4.79 Å². The molecule has 4 heteroatoms. The summed E-state index contributed by atoms with van der Waals surface area (Å²) in [5.74, 6) is 0.468. The van der Waals surface area contributed by atoms with Crippen LogP contribution >= 0.6 is 11.6 Å². The summed E-state index contributed by atoms with van der Waals surface area (Å²) in [6.45, 7) is 3.67. The Labute approximate surface area is 129 Å². The number of amides is 1. The Balaban J connectivity index is 1.92. The van der Waals surface area contributed by atoms with Gasteiger partial charge in [-0.25, -0.2) is 0 Å². The van der Waals surface area contributed by atoms with Gasteiger partial charge >= 0.3 is 0 Å². The molecule has 110 valence electrons. The first-order chi connectivity index (χ1) is 10.1. The number of carbonyl (C=O) groups is 1. The van der Waals surface area contributed by atoms with E-state index in [1.165, 1.54) is 0 Å². The van der Waals surface area contributed by atoms with Crippen molar-refractivity contribution >= 4 is 17.5 Å². The molecule has 2 aromatic carbocycles. The minimum atomic E-state index is -0.572. The van der Waals surface area contributed by atoms with Gasteiger partial charge in [-0.15, -0.1) is 0 Å². The van der Waals surface area contributed by atoms with Crippen molar-refractivity contribution in [3.05, 3.63) is 65.2 Å². The third-order valence-corrected chi connectivity index (χ3v) is 3.41. The summed E-state index contributed by atoms with van der Waals surface area (Å²) < 4.78 is 5.60. The monoisotopic (exact) mass is 303 g/mol. The van der Waals surface area contributed by atoms with Crippen LogP contribution in [0.3, 0.4) is 0 Å². The molecule has 21 heavy (non-hydrogen) atoms. The smallest absolute Gasteiger partial charge is 0.261 e. The molecule has 0 aliphatic carbocycles. The van der Waals surface area contributed by atoms with Gasteiger partial charge in [0, 0.05) is 5.02 Å². The molecule has 3 nitrogen and oxygen atoms in total. The first kappa shape index (κ1) is 15.4. The molecule has 0 saturated heterocycles. The van der Waals surface area contributed by atoms with Crippen molar-refractivity contribution in [2.24, 2.45) is 0 Å². The van der Waals surface area contributed by atoms with E-state index in [1.54, 1.807) is 31.2 Å². The number of hydrogen-bond acceptors (Lipinski definition) is 2. The molecule has 0 unspecified atom stereocenters. The van der Waals surface area contributed by atoms with Crippen LogP contribution in [-0.2, 0) is 4.79 Å². The Hall–Kier alpha value is -2.00. The van der Waals surface area contributed by atoms with E-state index in [4.69, 9.17) is 16.3 Å². The van der Waals surface area contributed by atoms with Crippen LogP contribution < -0.4 is 10.1 Å². The molecule has 1 N–H and O–H groups in total. The lowest BCUT2D eigenvalue weighted by molar-refractivity contribution is -0.127. The fourth-order valence-corrected chi connectivity index (χ4v) is 2.05. The Kier molecular flexibility index (Phi) is 5.23. The molecule has 0 radical (unpaired) electrons. The predicted octanol–water partition coefficient (Wildman–Crippen LogP) is 3.98. The average Bonchev–Trinajstić information content (AvgIpc) is 2.50. The second-order valence-corrected chi connectivity index (χ2v) is 5.29. The second-order valence-electron chi connectivity index (χ2n) is 4.85. The number of halogens is 1. The summed E-state index contributed by atoms with van der Waals surface area (Å²) in [7, 11) is 0. The van der Waals surface area contributed by atoms with Gasteiger partial charge in [-0.05, 0) is 43.7 Å². The Morgan fingerprint density at radius 2 is 1.67 bits per heavy atom. The van der Waals surface area contributed by atoms with Crippen molar-refractivity contribution in [1.82, 2.24) is 5.32 Å². The molecular weight excluding hydrogens is 286 g/mol. The molecule has 2 aromatic rings. The van der Waals surface area contributed by atoms with Gasteiger partial charge in [0.1, 0.15) is 5.75 Å². The number of hydrogen-bond donors (Lipinski definition) is 1. The summed E-state index contributed by atoms with van der Waals surface area (Å²) >= 11 is 5.81. The van der Waals surface area contributed by atoms with E-state index in [-0.39, 0.29) is 11.9 Å². The minimum absolute atomic E-state index is 0.0602. The van der Waals surface area contributed by atoms with E-state index >= 15 is 0 Å². The van der Waals surface area contributed by atoms with E-state index in [0.29, 0.717) is 10.8 Å². The molecule has 0 spiro atoms. The largest absolute Gasteiger partial charge is 0.481 e. The number of carbonyl (C=O) groups excluding carboxylic acids is 1. The van der Waals surface area contributed by atoms with E-state index in [1.807, 2.05) is 37.3 Å². The van der Waals surface area contributed by atoms with Gasteiger partial charge in [-0.1, -0.05) is 41.9 Å². The molecule has 1 amide bonds. The molecule has 0 bridgehead atoms. The maximum atomic E-state index is 12.1. The van der Waals surface area contributed by atoms with Crippen molar-refractivity contribution in [1.29, 1.82) is 0 Å². The van der Waals surface area contributed by atoms with Gasteiger partial charge in [0.05, 0.1) is 6.04 Å². The molecular formula is C17H18ClNO2. The maximum Gasteiger partial charge on any atom is 0.261 e. The molecule has 0 aliphatic rings. The summed E-state index contributed by atoms with van der Waals surface area (Å²) in [6.07, 6.45) is -0.572. The van der Waals surface area contributed by atoms with Crippen molar-refractivity contribution in [2.75, 3.05) is 0 Å².